The number of thiophene rings is 1. The van der Waals surface area contributed by atoms with Crippen molar-refractivity contribution in [2.45, 2.75) is 11.8 Å². The van der Waals surface area contributed by atoms with Gasteiger partial charge in [-0.2, -0.15) is 0 Å². The molecule has 0 spiro atoms. The molecular weight excluding hydrogens is 407 g/mol. The minimum Gasteiger partial charge on any atom is -0.143 e. The van der Waals surface area contributed by atoms with E-state index < -0.39 is 0 Å². The third kappa shape index (κ3) is 2.90. The normalized spacial score (nSPS) is 12.8. The summed E-state index contributed by atoms with van der Waals surface area (Å²) >= 11 is 21.3. The number of benzene rings is 1. The maximum Gasteiger partial charge on any atom is 0.0767 e. The number of halogens is 4. The minimum atomic E-state index is 0.0266. The average Bonchev–Trinajstić information content (AvgIpc) is 2.59. The van der Waals surface area contributed by atoms with Crippen molar-refractivity contribution < 1.29 is 0 Å². The van der Waals surface area contributed by atoms with E-state index in [0.717, 1.165) is 10.0 Å². The molecule has 0 aliphatic heterocycles. The van der Waals surface area contributed by atoms with Gasteiger partial charge in [-0.15, -0.1) is 11.3 Å². The molecular formula is C12H8Br2Cl2S. The fourth-order valence-electron chi connectivity index (χ4n) is 1.50. The van der Waals surface area contributed by atoms with Crippen LogP contribution in [0.4, 0.5) is 0 Å². The van der Waals surface area contributed by atoms with Crippen molar-refractivity contribution in [2.75, 3.05) is 0 Å². The van der Waals surface area contributed by atoms with Gasteiger partial charge in [-0.1, -0.05) is 45.2 Å². The molecule has 1 heterocycles. The van der Waals surface area contributed by atoms with Gasteiger partial charge in [0, 0.05) is 29.8 Å². The van der Waals surface area contributed by atoms with E-state index in [1.54, 1.807) is 11.3 Å². The van der Waals surface area contributed by atoms with Crippen LogP contribution in [0.2, 0.25) is 10.0 Å². The van der Waals surface area contributed by atoms with E-state index in [4.69, 9.17) is 23.2 Å². The van der Waals surface area contributed by atoms with Crippen molar-refractivity contribution in [2.24, 2.45) is 0 Å². The SMILES string of the molecule is Cc1sc(C(Br)c2c(Cl)cccc2Cl)cc1Br. The lowest BCUT2D eigenvalue weighted by Crippen LogP contribution is -1.92. The van der Waals surface area contributed by atoms with Gasteiger partial charge in [-0.25, -0.2) is 0 Å². The topological polar surface area (TPSA) is 0 Å². The van der Waals surface area contributed by atoms with Gasteiger partial charge in [0.2, 0.25) is 0 Å². The summed E-state index contributed by atoms with van der Waals surface area (Å²) in [5.74, 6) is 0. The molecule has 0 saturated heterocycles. The van der Waals surface area contributed by atoms with Crippen molar-refractivity contribution >= 4 is 66.4 Å². The van der Waals surface area contributed by atoms with Crippen LogP contribution in [-0.4, -0.2) is 0 Å². The molecule has 0 fully saturated rings. The molecule has 2 aromatic rings. The molecule has 0 aliphatic carbocycles. The second kappa shape index (κ2) is 5.62. The maximum atomic E-state index is 6.20. The van der Waals surface area contributed by atoms with E-state index in [0.29, 0.717) is 10.0 Å². The van der Waals surface area contributed by atoms with Gasteiger partial charge in [-0.3, -0.25) is 0 Å². The standard InChI is InChI=1S/C12H8Br2Cl2S/c1-6-7(13)5-10(17-6)12(14)11-8(15)3-2-4-9(11)16/h2-5,12H,1H3. The molecule has 0 amide bonds. The molecule has 0 aliphatic rings. The first-order valence-electron chi connectivity index (χ1n) is 4.84. The quantitative estimate of drug-likeness (QED) is 0.485. The first-order chi connectivity index (χ1) is 8.00. The Morgan fingerprint density at radius 3 is 2.29 bits per heavy atom. The average molecular weight is 415 g/mol. The molecule has 0 N–H and O–H groups in total. The van der Waals surface area contributed by atoms with Crippen LogP contribution in [0.25, 0.3) is 0 Å². The Labute approximate surface area is 131 Å². The molecule has 0 nitrogen and oxygen atoms in total. The fraction of sp³-hybridized carbons (Fsp3) is 0.167. The second-order valence-corrected chi connectivity index (χ2v) is 7.42. The highest BCUT2D eigenvalue weighted by atomic mass is 79.9. The number of hydrogen-bond acceptors (Lipinski definition) is 1. The third-order valence-electron chi connectivity index (χ3n) is 2.38. The zero-order valence-electron chi connectivity index (χ0n) is 8.81. The Kier molecular flexibility index (Phi) is 4.59. The summed E-state index contributed by atoms with van der Waals surface area (Å²) in [7, 11) is 0. The van der Waals surface area contributed by atoms with Gasteiger partial charge < -0.3 is 0 Å². The van der Waals surface area contributed by atoms with E-state index >= 15 is 0 Å². The largest absolute Gasteiger partial charge is 0.143 e. The van der Waals surface area contributed by atoms with Gasteiger partial charge in [0.15, 0.2) is 0 Å². The highest BCUT2D eigenvalue weighted by Crippen LogP contribution is 2.43. The number of alkyl halides is 1. The van der Waals surface area contributed by atoms with E-state index in [9.17, 15) is 0 Å². The predicted molar refractivity (Wildman–Crippen MR) is 84.0 cm³/mol. The van der Waals surface area contributed by atoms with Gasteiger partial charge in [0.25, 0.3) is 0 Å². The van der Waals surface area contributed by atoms with Crippen LogP contribution in [0.1, 0.15) is 20.1 Å². The molecule has 1 aromatic carbocycles. The van der Waals surface area contributed by atoms with Crippen LogP contribution in [0.3, 0.4) is 0 Å². The third-order valence-corrected chi connectivity index (χ3v) is 6.49. The van der Waals surface area contributed by atoms with Gasteiger partial charge in [0.05, 0.1) is 4.83 Å². The maximum absolute atomic E-state index is 6.20. The Bertz CT molecular complexity index is 512. The van der Waals surface area contributed by atoms with Gasteiger partial charge in [0.1, 0.15) is 0 Å². The first kappa shape index (κ1) is 13.9. The molecule has 2 rings (SSSR count). The number of rotatable bonds is 2. The monoisotopic (exact) mass is 412 g/mol. The summed E-state index contributed by atoms with van der Waals surface area (Å²) in [4.78, 5) is 2.45. The molecule has 90 valence electrons. The lowest BCUT2D eigenvalue weighted by atomic mass is 10.1. The smallest absolute Gasteiger partial charge is 0.0767 e. The Morgan fingerprint density at radius 2 is 1.82 bits per heavy atom. The number of aryl methyl sites for hydroxylation is 1. The van der Waals surface area contributed by atoms with Crippen LogP contribution in [0, 0.1) is 6.92 Å². The van der Waals surface area contributed by atoms with Crippen molar-refractivity contribution in [3.63, 3.8) is 0 Å². The predicted octanol–water partition coefficient (Wildman–Crippen LogP) is 6.61. The summed E-state index contributed by atoms with van der Waals surface area (Å²) in [6.45, 7) is 2.08. The van der Waals surface area contributed by atoms with Crippen LogP contribution >= 0.6 is 66.4 Å². The number of hydrogen-bond donors (Lipinski definition) is 0. The molecule has 5 heteroatoms. The zero-order valence-corrected chi connectivity index (χ0v) is 14.3. The van der Waals surface area contributed by atoms with Crippen molar-refractivity contribution in [3.05, 3.63) is 54.1 Å². The van der Waals surface area contributed by atoms with Crippen LogP contribution < -0.4 is 0 Å². The highest BCUT2D eigenvalue weighted by Gasteiger charge is 2.19. The summed E-state index contributed by atoms with van der Waals surface area (Å²) in [6.07, 6.45) is 0. The van der Waals surface area contributed by atoms with E-state index in [2.05, 4.69) is 44.8 Å². The van der Waals surface area contributed by atoms with Crippen molar-refractivity contribution in [1.82, 2.24) is 0 Å². The Morgan fingerprint density at radius 1 is 1.24 bits per heavy atom. The zero-order chi connectivity index (χ0) is 12.6. The molecule has 1 atom stereocenters. The summed E-state index contributed by atoms with van der Waals surface area (Å²) in [5, 5.41) is 1.36. The van der Waals surface area contributed by atoms with Crippen LogP contribution in [0.5, 0.6) is 0 Å². The van der Waals surface area contributed by atoms with Crippen LogP contribution in [0.15, 0.2) is 28.7 Å². The fourth-order valence-corrected chi connectivity index (χ4v) is 4.84. The summed E-state index contributed by atoms with van der Waals surface area (Å²) in [6, 6.07) is 7.65. The molecule has 1 unspecified atom stereocenters. The van der Waals surface area contributed by atoms with E-state index in [1.807, 2.05) is 18.2 Å². The molecule has 17 heavy (non-hydrogen) atoms. The molecule has 1 aromatic heterocycles. The molecule has 0 radical (unpaired) electrons. The van der Waals surface area contributed by atoms with Gasteiger partial charge in [-0.05, 0) is 41.1 Å². The molecule has 0 bridgehead atoms. The lowest BCUT2D eigenvalue weighted by Gasteiger charge is -2.12. The van der Waals surface area contributed by atoms with Gasteiger partial charge >= 0.3 is 0 Å². The summed E-state index contributed by atoms with van der Waals surface area (Å²) in [5.41, 5.74) is 0.921. The Balaban J connectivity index is 2.47. The molecule has 0 saturated carbocycles. The van der Waals surface area contributed by atoms with Crippen molar-refractivity contribution in [3.8, 4) is 0 Å². The van der Waals surface area contributed by atoms with E-state index in [-0.39, 0.29) is 4.83 Å². The van der Waals surface area contributed by atoms with Crippen LogP contribution in [-0.2, 0) is 0 Å². The van der Waals surface area contributed by atoms with Crippen molar-refractivity contribution in [1.29, 1.82) is 0 Å². The lowest BCUT2D eigenvalue weighted by molar-refractivity contribution is 1.22. The second-order valence-electron chi connectivity index (χ2n) is 3.55. The summed E-state index contributed by atoms with van der Waals surface area (Å²) < 4.78 is 1.12. The minimum absolute atomic E-state index is 0.0266. The highest BCUT2D eigenvalue weighted by molar-refractivity contribution is 9.10. The first-order valence-corrected chi connectivity index (χ1v) is 8.12. The van der Waals surface area contributed by atoms with E-state index in [1.165, 1.54) is 9.75 Å². The Hall–Kier alpha value is 0.460.